The molecule has 14 heavy (non-hydrogen) atoms. The summed E-state index contributed by atoms with van der Waals surface area (Å²) in [5.74, 6) is 0. The van der Waals surface area contributed by atoms with Gasteiger partial charge in [-0.2, -0.15) is 5.10 Å². The standard InChI is InChI=1S/C8H5ClN2O3/c1-3-2-4-5(12)6(9)10-11-7(4)14-8(3)13/h2H,1H3,(H,11,12). The molecule has 0 aromatic carbocycles. The molecule has 0 fully saturated rings. The lowest BCUT2D eigenvalue weighted by molar-refractivity contribution is 0.538. The number of nitrogens with zero attached hydrogens (tertiary/aromatic N) is 1. The molecule has 2 heterocycles. The van der Waals surface area contributed by atoms with Crippen molar-refractivity contribution in [3.8, 4) is 0 Å². The molecule has 0 saturated heterocycles. The van der Waals surface area contributed by atoms with Crippen molar-refractivity contribution in [3.63, 3.8) is 0 Å². The number of nitrogens with one attached hydrogen (secondary N) is 1. The zero-order valence-electron chi connectivity index (χ0n) is 7.13. The summed E-state index contributed by atoms with van der Waals surface area (Å²) in [5, 5.41) is 5.90. The molecule has 0 radical (unpaired) electrons. The third kappa shape index (κ3) is 1.22. The van der Waals surface area contributed by atoms with Gasteiger partial charge in [-0.3, -0.25) is 4.79 Å². The van der Waals surface area contributed by atoms with Crippen molar-refractivity contribution in [1.82, 2.24) is 10.2 Å². The number of aryl methyl sites for hydroxylation is 1. The van der Waals surface area contributed by atoms with Gasteiger partial charge in [-0.15, -0.1) is 0 Å². The Bertz CT molecular complexity index is 614. The van der Waals surface area contributed by atoms with Gasteiger partial charge in [-0.05, 0) is 13.0 Å². The van der Waals surface area contributed by atoms with Gasteiger partial charge in [-0.25, -0.2) is 9.89 Å². The Balaban J connectivity index is 3.05. The van der Waals surface area contributed by atoms with E-state index in [9.17, 15) is 9.59 Å². The number of halogens is 1. The molecule has 0 aliphatic heterocycles. The molecule has 0 spiro atoms. The highest BCUT2D eigenvalue weighted by Gasteiger charge is 2.08. The molecule has 72 valence electrons. The zero-order valence-corrected chi connectivity index (χ0v) is 7.88. The summed E-state index contributed by atoms with van der Waals surface area (Å²) < 4.78 is 4.80. The molecule has 2 aromatic heterocycles. The summed E-state index contributed by atoms with van der Waals surface area (Å²) >= 11 is 5.51. The minimum Gasteiger partial charge on any atom is -0.404 e. The number of rotatable bonds is 0. The first-order chi connectivity index (χ1) is 6.59. The summed E-state index contributed by atoms with van der Waals surface area (Å²) in [7, 11) is 0. The summed E-state index contributed by atoms with van der Waals surface area (Å²) in [6.45, 7) is 1.55. The Morgan fingerprint density at radius 1 is 1.50 bits per heavy atom. The van der Waals surface area contributed by atoms with Gasteiger partial charge in [0.2, 0.25) is 11.1 Å². The van der Waals surface area contributed by atoms with Gasteiger partial charge < -0.3 is 4.42 Å². The third-order valence-corrected chi connectivity index (χ3v) is 2.07. The number of hydrogen-bond acceptors (Lipinski definition) is 4. The molecule has 6 heteroatoms. The second-order valence-corrected chi connectivity index (χ2v) is 3.16. The molecular weight excluding hydrogens is 208 g/mol. The molecule has 2 aromatic rings. The van der Waals surface area contributed by atoms with Crippen LogP contribution in [0.15, 0.2) is 20.1 Å². The van der Waals surface area contributed by atoms with E-state index >= 15 is 0 Å². The normalized spacial score (nSPS) is 10.7. The molecule has 0 bridgehead atoms. The Hall–Kier alpha value is -1.62. The molecule has 0 saturated carbocycles. The van der Waals surface area contributed by atoms with Crippen molar-refractivity contribution in [2.24, 2.45) is 0 Å². The van der Waals surface area contributed by atoms with E-state index in [4.69, 9.17) is 16.0 Å². The van der Waals surface area contributed by atoms with Crippen LogP contribution in [0.25, 0.3) is 11.1 Å². The molecule has 1 N–H and O–H groups in total. The van der Waals surface area contributed by atoms with E-state index in [1.807, 2.05) is 0 Å². The molecule has 5 nitrogen and oxygen atoms in total. The van der Waals surface area contributed by atoms with E-state index in [-0.39, 0.29) is 16.3 Å². The number of aromatic amines is 1. The van der Waals surface area contributed by atoms with Gasteiger partial charge in [0, 0.05) is 5.56 Å². The van der Waals surface area contributed by atoms with Gasteiger partial charge in [0.15, 0.2) is 5.15 Å². The summed E-state index contributed by atoms with van der Waals surface area (Å²) in [4.78, 5) is 22.5. The molecule has 0 unspecified atom stereocenters. The van der Waals surface area contributed by atoms with E-state index in [1.54, 1.807) is 6.92 Å². The average molecular weight is 213 g/mol. The molecule has 2 rings (SSSR count). The fourth-order valence-electron chi connectivity index (χ4n) is 1.08. The van der Waals surface area contributed by atoms with Crippen molar-refractivity contribution in [1.29, 1.82) is 0 Å². The van der Waals surface area contributed by atoms with E-state index in [2.05, 4.69) is 10.2 Å². The van der Waals surface area contributed by atoms with E-state index in [0.717, 1.165) is 0 Å². The highest BCUT2D eigenvalue weighted by atomic mass is 35.5. The van der Waals surface area contributed by atoms with Crippen LogP contribution in [0.3, 0.4) is 0 Å². The minimum atomic E-state index is -0.503. The summed E-state index contributed by atoms with van der Waals surface area (Å²) in [6, 6.07) is 1.42. The lowest BCUT2D eigenvalue weighted by atomic mass is 10.2. The van der Waals surface area contributed by atoms with Crippen LogP contribution in [-0.4, -0.2) is 10.2 Å². The number of H-pyrrole nitrogens is 1. The SMILES string of the molecule is Cc1cc2c(=O)c(Cl)n[nH]c2oc1=O. The maximum Gasteiger partial charge on any atom is 0.340 e. The largest absolute Gasteiger partial charge is 0.404 e. The smallest absolute Gasteiger partial charge is 0.340 e. The lowest BCUT2D eigenvalue weighted by Gasteiger charge is -1.96. The number of aromatic nitrogens is 2. The molecule has 0 atom stereocenters. The first kappa shape index (κ1) is 8.96. The van der Waals surface area contributed by atoms with Gasteiger partial charge in [0.1, 0.15) is 0 Å². The van der Waals surface area contributed by atoms with Crippen molar-refractivity contribution >= 4 is 22.7 Å². The topological polar surface area (TPSA) is 76.0 Å². The molecule has 0 aliphatic rings. The summed E-state index contributed by atoms with van der Waals surface area (Å²) in [5.41, 5.74) is -0.565. The van der Waals surface area contributed by atoms with Crippen LogP contribution in [0.1, 0.15) is 5.56 Å². The van der Waals surface area contributed by atoms with Crippen LogP contribution in [0.2, 0.25) is 5.15 Å². The van der Waals surface area contributed by atoms with Crippen LogP contribution < -0.4 is 11.1 Å². The number of hydrogen-bond donors (Lipinski definition) is 1. The van der Waals surface area contributed by atoms with Gasteiger partial charge in [0.05, 0.1) is 5.39 Å². The highest BCUT2D eigenvalue weighted by Crippen LogP contribution is 2.07. The third-order valence-electron chi connectivity index (χ3n) is 1.81. The second kappa shape index (κ2) is 2.95. The zero-order chi connectivity index (χ0) is 10.3. The van der Waals surface area contributed by atoms with Crippen molar-refractivity contribution < 1.29 is 4.42 Å². The monoisotopic (exact) mass is 212 g/mol. The van der Waals surface area contributed by atoms with Crippen LogP contribution >= 0.6 is 11.6 Å². The first-order valence-electron chi connectivity index (χ1n) is 3.78. The Kier molecular flexibility index (Phi) is 1.89. The highest BCUT2D eigenvalue weighted by molar-refractivity contribution is 6.29. The minimum absolute atomic E-state index is 0.0370. The van der Waals surface area contributed by atoms with Crippen LogP contribution in [0.4, 0.5) is 0 Å². The van der Waals surface area contributed by atoms with Gasteiger partial charge in [0.25, 0.3) is 0 Å². The van der Waals surface area contributed by atoms with Crippen LogP contribution in [0.5, 0.6) is 0 Å². The van der Waals surface area contributed by atoms with E-state index < -0.39 is 11.1 Å². The Morgan fingerprint density at radius 2 is 2.21 bits per heavy atom. The predicted octanol–water partition coefficient (Wildman–Crippen LogP) is 0.838. The van der Waals surface area contributed by atoms with E-state index in [0.29, 0.717) is 5.56 Å². The quantitative estimate of drug-likeness (QED) is 0.702. The average Bonchev–Trinajstić information content (AvgIpc) is 2.15. The molecule has 0 aliphatic carbocycles. The van der Waals surface area contributed by atoms with Crippen LogP contribution in [-0.2, 0) is 0 Å². The fraction of sp³-hybridized carbons (Fsp3) is 0.125. The maximum absolute atomic E-state index is 11.4. The Morgan fingerprint density at radius 3 is 2.93 bits per heavy atom. The fourth-order valence-corrected chi connectivity index (χ4v) is 1.23. The first-order valence-corrected chi connectivity index (χ1v) is 4.16. The van der Waals surface area contributed by atoms with Gasteiger partial charge in [-0.1, -0.05) is 11.6 Å². The van der Waals surface area contributed by atoms with Gasteiger partial charge >= 0.3 is 5.63 Å². The van der Waals surface area contributed by atoms with Crippen molar-refractivity contribution in [2.45, 2.75) is 6.92 Å². The van der Waals surface area contributed by atoms with Crippen LogP contribution in [0, 0.1) is 6.92 Å². The molecule has 0 amide bonds. The summed E-state index contributed by atoms with van der Waals surface area (Å²) in [6.07, 6.45) is 0. The van der Waals surface area contributed by atoms with Crippen molar-refractivity contribution in [2.75, 3.05) is 0 Å². The second-order valence-electron chi connectivity index (χ2n) is 2.80. The number of fused-ring (bicyclic) bond motifs is 1. The molecular formula is C8H5ClN2O3. The maximum atomic E-state index is 11.4. The Labute approximate surface area is 82.3 Å². The lowest BCUT2D eigenvalue weighted by Crippen LogP contribution is -2.11. The van der Waals surface area contributed by atoms with Crippen molar-refractivity contribution in [3.05, 3.63) is 37.4 Å². The van der Waals surface area contributed by atoms with E-state index in [1.165, 1.54) is 6.07 Å². The predicted molar refractivity (Wildman–Crippen MR) is 50.6 cm³/mol.